The van der Waals surface area contributed by atoms with E-state index in [1.54, 1.807) is 4.90 Å². The van der Waals surface area contributed by atoms with Gasteiger partial charge in [-0.3, -0.25) is 0 Å². The molecule has 2 amide bonds. The maximum absolute atomic E-state index is 12.4. The van der Waals surface area contributed by atoms with Crippen LogP contribution in [0.3, 0.4) is 0 Å². The summed E-state index contributed by atoms with van der Waals surface area (Å²) in [6, 6.07) is 3.78. The van der Waals surface area contributed by atoms with E-state index < -0.39 is 0 Å². The molecule has 0 unspecified atom stereocenters. The molecule has 0 aromatic carbocycles. The van der Waals surface area contributed by atoms with Gasteiger partial charge in [-0.1, -0.05) is 0 Å². The monoisotopic (exact) mass is 309 g/mol. The van der Waals surface area contributed by atoms with E-state index >= 15 is 0 Å². The van der Waals surface area contributed by atoms with Crippen LogP contribution in [0.1, 0.15) is 31.5 Å². The van der Waals surface area contributed by atoms with Crippen molar-refractivity contribution >= 4 is 6.03 Å². The van der Waals surface area contributed by atoms with Crippen LogP contribution in [0.2, 0.25) is 0 Å². The number of hydrogen-bond acceptors (Lipinski definition) is 4. The van der Waals surface area contributed by atoms with Crippen LogP contribution in [0.4, 0.5) is 4.79 Å². The maximum Gasteiger partial charge on any atom is 0.317 e. The topological polar surface area (TPSA) is 58.0 Å². The second-order valence-electron chi connectivity index (χ2n) is 6.62. The first-order chi connectivity index (χ1) is 10.3. The molecular formula is C16H27N3O3. The fourth-order valence-corrected chi connectivity index (χ4v) is 2.19. The summed E-state index contributed by atoms with van der Waals surface area (Å²) in [4.78, 5) is 16.2. The first-order valence-electron chi connectivity index (χ1n) is 7.68. The van der Waals surface area contributed by atoms with E-state index in [0.717, 1.165) is 11.5 Å². The lowest BCUT2D eigenvalue weighted by atomic mass is 10.0. The molecule has 1 aromatic rings. The SMILES string of the molecule is Cc1ccc([C@@H]2CN(C(=O)NCC(C)(C)N(C)C)CCO2)o1. The van der Waals surface area contributed by atoms with Crippen molar-refractivity contribution in [2.24, 2.45) is 0 Å². The Morgan fingerprint density at radius 2 is 2.18 bits per heavy atom. The van der Waals surface area contributed by atoms with E-state index in [2.05, 4.69) is 24.1 Å². The minimum absolute atomic E-state index is 0.0495. The number of carbonyl (C=O) groups excluding carboxylic acids is 1. The molecule has 1 N–H and O–H groups in total. The van der Waals surface area contributed by atoms with Gasteiger partial charge in [0, 0.05) is 18.6 Å². The van der Waals surface area contributed by atoms with Gasteiger partial charge in [-0.2, -0.15) is 0 Å². The summed E-state index contributed by atoms with van der Waals surface area (Å²) in [6.07, 6.45) is -0.185. The molecule has 0 bridgehead atoms. The van der Waals surface area contributed by atoms with Crippen molar-refractivity contribution in [2.75, 3.05) is 40.3 Å². The highest BCUT2D eigenvalue weighted by Gasteiger charge is 2.28. The molecule has 6 heteroatoms. The van der Waals surface area contributed by atoms with Gasteiger partial charge in [0.2, 0.25) is 0 Å². The van der Waals surface area contributed by atoms with Gasteiger partial charge in [-0.15, -0.1) is 0 Å². The van der Waals surface area contributed by atoms with Crippen molar-refractivity contribution in [1.29, 1.82) is 0 Å². The largest absolute Gasteiger partial charge is 0.464 e. The molecule has 0 aliphatic carbocycles. The molecule has 124 valence electrons. The van der Waals surface area contributed by atoms with Crippen LogP contribution in [0.15, 0.2) is 16.5 Å². The highest BCUT2D eigenvalue weighted by Crippen LogP contribution is 2.24. The highest BCUT2D eigenvalue weighted by atomic mass is 16.5. The number of nitrogens with zero attached hydrogens (tertiary/aromatic N) is 2. The summed E-state index contributed by atoms with van der Waals surface area (Å²) < 4.78 is 11.3. The summed E-state index contributed by atoms with van der Waals surface area (Å²) in [5.41, 5.74) is -0.0839. The number of likely N-dealkylation sites (N-methyl/N-ethyl adjacent to an activating group) is 1. The molecule has 2 rings (SSSR count). The number of hydrogen-bond donors (Lipinski definition) is 1. The standard InChI is InChI=1S/C16H27N3O3/c1-12-6-7-13(22-12)14-10-19(8-9-21-14)15(20)17-11-16(2,3)18(4)5/h6-7,14H,8-11H2,1-5H3,(H,17,20)/t14-/m0/s1. The number of morpholine rings is 1. The van der Waals surface area contributed by atoms with Gasteiger partial charge < -0.3 is 24.3 Å². The number of nitrogens with one attached hydrogen (secondary N) is 1. The van der Waals surface area contributed by atoms with Gasteiger partial charge in [0.05, 0.1) is 13.2 Å². The zero-order valence-electron chi connectivity index (χ0n) is 14.2. The number of amides is 2. The molecule has 1 aromatic heterocycles. The molecule has 0 radical (unpaired) electrons. The lowest BCUT2D eigenvalue weighted by Gasteiger charge is -2.35. The summed E-state index contributed by atoms with van der Waals surface area (Å²) in [7, 11) is 4.02. The Kier molecular flexibility index (Phi) is 5.13. The predicted molar refractivity (Wildman–Crippen MR) is 84.9 cm³/mol. The van der Waals surface area contributed by atoms with E-state index in [-0.39, 0.29) is 17.7 Å². The lowest BCUT2D eigenvalue weighted by Crippen LogP contribution is -2.53. The third-order valence-corrected chi connectivity index (χ3v) is 4.32. The van der Waals surface area contributed by atoms with E-state index in [1.165, 1.54) is 0 Å². The Morgan fingerprint density at radius 1 is 1.45 bits per heavy atom. The van der Waals surface area contributed by atoms with E-state index in [9.17, 15) is 4.79 Å². The molecule has 1 saturated heterocycles. The quantitative estimate of drug-likeness (QED) is 0.924. The van der Waals surface area contributed by atoms with Crippen molar-refractivity contribution in [2.45, 2.75) is 32.4 Å². The van der Waals surface area contributed by atoms with Gasteiger partial charge in [0.1, 0.15) is 17.6 Å². The van der Waals surface area contributed by atoms with Crippen LogP contribution in [0.5, 0.6) is 0 Å². The van der Waals surface area contributed by atoms with Crippen LogP contribution in [0.25, 0.3) is 0 Å². The third kappa shape index (κ3) is 4.01. The first kappa shape index (κ1) is 16.8. The number of urea groups is 1. The minimum Gasteiger partial charge on any atom is -0.464 e. The predicted octanol–water partition coefficient (Wildman–Crippen LogP) is 2.01. The van der Waals surface area contributed by atoms with Crippen molar-refractivity contribution in [3.8, 4) is 0 Å². The molecule has 1 atom stereocenters. The van der Waals surface area contributed by atoms with Gasteiger partial charge in [-0.25, -0.2) is 4.79 Å². The normalized spacial score (nSPS) is 19.5. The lowest BCUT2D eigenvalue weighted by molar-refractivity contribution is -0.0266. The van der Waals surface area contributed by atoms with Crippen molar-refractivity contribution < 1.29 is 13.9 Å². The third-order valence-electron chi connectivity index (χ3n) is 4.32. The van der Waals surface area contributed by atoms with Crippen LogP contribution >= 0.6 is 0 Å². The van der Waals surface area contributed by atoms with Gasteiger partial charge in [0.15, 0.2) is 0 Å². The fourth-order valence-electron chi connectivity index (χ4n) is 2.19. The Bertz CT molecular complexity index is 510. The second-order valence-corrected chi connectivity index (χ2v) is 6.62. The van der Waals surface area contributed by atoms with E-state index in [1.807, 2.05) is 33.2 Å². The van der Waals surface area contributed by atoms with Gasteiger partial charge in [-0.05, 0) is 47.0 Å². The molecule has 1 aliphatic rings. The molecule has 0 saturated carbocycles. The highest BCUT2D eigenvalue weighted by molar-refractivity contribution is 5.74. The zero-order valence-corrected chi connectivity index (χ0v) is 14.2. The fraction of sp³-hybridized carbons (Fsp3) is 0.688. The number of aryl methyl sites for hydroxylation is 1. The van der Waals surface area contributed by atoms with Crippen molar-refractivity contribution in [3.05, 3.63) is 23.7 Å². The Hall–Kier alpha value is -1.53. The Balaban J connectivity index is 1.90. The number of furan rings is 1. The maximum atomic E-state index is 12.4. The molecule has 1 aliphatic heterocycles. The molecule has 22 heavy (non-hydrogen) atoms. The van der Waals surface area contributed by atoms with Crippen LogP contribution in [-0.2, 0) is 4.74 Å². The summed E-state index contributed by atoms with van der Waals surface area (Å²) in [6.45, 7) is 8.34. The molecule has 1 fully saturated rings. The molecule has 0 spiro atoms. The van der Waals surface area contributed by atoms with Crippen LogP contribution < -0.4 is 5.32 Å². The van der Waals surface area contributed by atoms with Crippen LogP contribution in [0, 0.1) is 6.92 Å². The first-order valence-corrected chi connectivity index (χ1v) is 7.68. The summed E-state index contributed by atoms with van der Waals surface area (Å²) >= 11 is 0. The Labute approximate surface area is 132 Å². The van der Waals surface area contributed by atoms with Crippen molar-refractivity contribution in [3.63, 3.8) is 0 Å². The number of ether oxygens (including phenoxy) is 1. The second kappa shape index (κ2) is 6.71. The summed E-state index contributed by atoms with van der Waals surface area (Å²) in [5, 5.41) is 3.01. The zero-order chi connectivity index (χ0) is 16.3. The van der Waals surface area contributed by atoms with Crippen LogP contribution in [-0.4, -0.2) is 61.7 Å². The van der Waals surface area contributed by atoms with Crippen molar-refractivity contribution in [1.82, 2.24) is 15.1 Å². The average Bonchev–Trinajstić information content (AvgIpc) is 2.91. The minimum atomic E-state index is -0.185. The van der Waals surface area contributed by atoms with Gasteiger partial charge >= 0.3 is 6.03 Å². The number of carbonyl (C=O) groups is 1. The smallest absolute Gasteiger partial charge is 0.317 e. The Morgan fingerprint density at radius 3 is 2.77 bits per heavy atom. The molecule has 6 nitrogen and oxygen atoms in total. The summed E-state index contributed by atoms with van der Waals surface area (Å²) in [5.74, 6) is 1.64. The van der Waals surface area contributed by atoms with E-state index in [0.29, 0.717) is 26.2 Å². The number of rotatable bonds is 4. The van der Waals surface area contributed by atoms with E-state index in [4.69, 9.17) is 9.15 Å². The molecule has 2 heterocycles. The van der Waals surface area contributed by atoms with Gasteiger partial charge in [0.25, 0.3) is 0 Å². The molecular weight excluding hydrogens is 282 g/mol. The average molecular weight is 309 g/mol.